The third-order valence-corrected chi connectivity index (χ3v) is 2.88. The van der Waals surface area contributed by atoms with Crippen LogP contribution in [0.4, 0.5) is 8.78 Å². The van der Waals surface area contributed by atoms with Crippen LogP contribution < -0.4 is 0 Å². The molecule has 2 aromatic rings. The molecule has 3 heteroatoms. The van der Waals surface area contributed by atoms with Gasteiger partial charge in [0, 0.05) is 12.0 Å². The van der Waals surface area contributed by atoms with Gasteiger partial charge in [0.15, 0.2) is 0 Å². The SMILES string of the molecule is Cc1ccc(F)c(C(O)Cc2ccccc2F)c1. The molecule has 0 aliphatic rings. The zero-order valence-electron chi connectivity index (χ0n) is 10.0. The van der Waals surface area contributed by atoms with Crippen LogP contribution in [0.25, 0.3) is 0 Å². The average Bonchev–Trinajstić information content (AvgIpc) is 2.35. The number of aliphatic hydroxyl groups is 1. The lowest BCUT2D eigenvalue weighted by Gasteiger charge is -2.13. The first-order valence-corrected chi connectivity index (χ1v) is 5.75. The molecule has 1 nitrogen and oxygen atoms in total. The minimum absolute atomic E-state index is 0.0625. The summed E-state index contributed by atoms with van der Waals surface area (Å²) >= 11 is 0. The molecule has 0 saturated heterocycles. The number of hydrogen-bond donors (Lipinski definition) is 1. The quantitative estimate of drug-likeness (QED) is 0.880. The van der Waals surface area contributed by atoms with Gasteiger partial charge in [0.25, 0.3) is 0 Å². The van der Waals surface area contributed by atoms with Crippen molar-refractivity contribution in [2.75, 3.05) is 0 Å². The molecule has 0 spiro atoms. The molecule has 0 heterocycles. The van der Waals surface area contributed by atoms with Gasteiger partial charge < -0.3 is 5.11 Å². The highest BCUT2D eigenvalue weighted by Crippen LogP contribution is 2.23. The zero-order valence-corrected chi connectivity index (χ0v) is 10.0. The Hall–Kier alpha value is -1.74. The lowest BCUT2D eigenvalue weighted by Crippen LogP contribution is -2.06. The maximum Gasteiger partial charge on any atom is 0.129 e. The molecule has 0 aliphatic carbocycles. The lowest BCUT2D eigenvalue weighted by atomic mass is 9.99. The number of benzene rings is 2. The zero-order chi connectivity index (χ0) is 13.1. The highest BCUT2D eigenvalue weighted by molar-refractivity contribution is 5.28. The maximum atomic E-state index is 13.6. The number of hydrogen-bond acceptors (Lipinski definition) is 1. The summed E-state index contributed by atoms with van der Waals surface area (Å²) in [5.41, 5.74) is 1.45. The summed E-state index contributed by atoms with van der Waals surface area (Å²) in [6.07, 6.45) is -0.977. The molecule has 0 saturated carbocycles. The Morgan fingerprint density at radius 2 is 1.78 bits per heavy atom. The Kier molecular flexibility index (Phi) is 3.72. The standard InChI is InChI=1S/C15H14F2O/c1-10-6-7-14(17)12(8-10)15(18)9-11-4-2-3-5-13(11)16/h2-8,15,18H,9H2,1H3. The van der Waals surface area contributed by atoms with E-state index >= 15 is 0 Å². The summed E-state index contributed by atoms with van der Waals surface area (Å²) in [6.45, 7) is 1.82. The van der Waals surface area contributed by atoms with Crippen LogP contribution in [0, 0.1) is 18.6 Å². The molecule has 2 aromatic carbocycles. The average molecular weight is 248 g/mol. The lowest BCUT2D eigenvalue weighted by molar-refractivity contribution is 0.172. The number of aliphatic hydroxyl groups excluding tert-OH is 1. The fourth-order valence-corrected chi connectivity index (χ4v) is 1.90. The molecular weight excluding hydrogens is 234 g/mol. The fraction of sp³-hybridized carbons (Fsp3) is 0.200. The van der Waals surface area contributed by atoms with Gasteiger partial charge >= 0.3 is 0 Å². The van der Waals surface area contributed by atoms with E-state index in [-0.39, 0.29) is 17.8 Å². The van der Waals surface area contributed by atoms with Gasteiger partial charge in [-0.05, 0) is 24.6 Å². The van der Waals surface area contributed by atoms with E-state index in [1.807, 2.05) is 6.92 Å². The van der Waals surface area contributed by atoms with Crippen molar-refractivity contribution >= 4 is 0 Å². The van der Waals surface area contributed by atoms with Gasteiger partial charge in [-0.3, -0.25) is 0 Å². The first-order chi connectivity index (χ1) is 8.58. The van der Waals surface area contributed by atoms with Gasteiger partial charge in [-0.1, -0.05) is 35.9 Å². The van der Waals surface area contributed by atoms with Crippen LogP contribution in [-0.4, -0.2) is 5.11 Å². The summed E-state index contributed by atoms with van der Waals surface area (Å²) < 4.78 is 27.0. The van der Waals surface area contributed by atoms with E-state index in [2.05, 4.69) is 0 Å². The Morgan fingerprint density at radius 3 is 2.50 bits per heavy atom. The Morgan fingerprint density at radius 1 is 1.06 bits per heavy atom. The molecule has 18 heavy (non-hydrogen) atoms. The minimum Gasteiger partial charge on any atom is -0.388 e. The number of rotatable bonds is 3. The van der Waals surface area contributed by atoms with Crippen LogP contribution in [0.1, 0.15) is 22.8 Å². The first-order valence-electron chi connectivity index (χ1n) is 5.75. The Balaban J connectivity index is 2.25. The minimum atomic E-state index is -1.04. The van der Waals surface area contributed by atoms with Gasteiger partial charge in [-0.2, -0.15) is 0 Å². The van der Waals surface area contributed by atoms with E-state index < -0.39 is 11.9 Å². The molecular formula is C15H14F2O. The second-order valence-electron chi connectivity index (χ2n) is 4.34. The predicted octanol–water partition coefficient (Wildman–Crippen LogP) is 3.55. The van der Waals surface area contributed by atoms with Crippen molar-refractivity contribution in [2.45, 2.75) is 19.4 Å². The van der Waals surface area contributed by atoms with E-state index in [0.29, 0.717) is 5.56 Å². The summed E-state index contributed by atoms with van der Waals surface area (Å²) in [5, 5.41) is 10.00. The maximum absolute atomic E-state index is 13.6. The summed E-state index contributed by atoms with van der Waals surface area (Å²) in [6, 6.07) is 10.7. The van der Waals surface area contributed by atoms with E-state index in [0.717, 1.165) is 5.56 Å². The molecule has 1 N–H and O–H groups in total. The van der Waals surface area contributed by atoms with Crippen molar-refractivity contribution in [1.82, 2.24) is 0 Å². The van der Waals surface area contributed by atoms with E-state index in [1.165, 1.54) is 12.1 Å². The molecule has 0 aromatic heterocycles. The number of halogens is 2. The highest BCUT2D eigenvalue weighted by Gasteiger charge is 2.15. The topological polar surface area (TPSA) is 20.2 Å². The smallest absolute Gasteiger partial charge is 0.129 e. The predicted molar refractivity (Wildman–Crippen MR) is 66.2 cm³/mol. The molecule has 0 radical (unpaired) electrons. The Labute approximate surface area is 105 Å². The molecule has 2 rings (SSSR count). The summed E-state index contributed by atoms with van der Waals surface area (Å²) in [4.78, 5) is 0. The summed E-state index contributed by atoms with van der Waals surface area (Å²) in [5.74, 6) is -0.853. The van der Waals surface area contributed by atoms with E-state index in [1.54, 1.807) is 30.3 Å². The second kappa shape index (κ2) is 5.27. The van der Waals surface area contributed by atoms with Crippen molar-refractivity contribution < 1.29 is 13.9 Å². The molecule has 0 fully saturated rings. The van der Waals surface area contributed by atoms with Gasteiger partial charge in [0.1, 0.15) is 11.6 Å². The van der Waals surface area contributed by atoms with Crippen molar-refractivity contribution in [1.29, 1.82) is 0 Å². The van der Waals surface area contributed by atoms with Gasteiger partial charge in [-0.15, -0.1) is 0 Å². The first kappa shape index (κ1) is 12.7. The van der Waals surface area contributed by atoms with Crippen molar-refractivity contribution in [3.63, 3.8) is 0 Å². The monoisotopic (exact) mass is 248 g/mol. The van der Waals surface area contributed by atoms with E-state index in [4.69, 9.17) is 0 Å². The van der Waals surface area contributed by atoms with Crippen LogP contribution in [0.2, 0.25) is 0 Å². The molecule has 0 bridgehead atoms. The highest BCUT2D eigenvalue weighted by atomic mass is 19.1. The van der Waals surface area contributed by atoms with E-state index in [9.17, 15) is 13.9 Å². The van der Waals surface area contributed by atoms with Crippen LogP contribution >= 0.6 is 0 Å². The van der Waals surface area contributed by atoms with Crippen molar-refractivity contribution in [3.05, 3.63) is 70.8 Å². The fourth-order valence-electron chi connectivity index (χ4n) is 1.90. The Bertz CT molecular complexity index is 552. The van der Waals surface area contributed by atoms with Gasteiger partial charge in [0.05, 0.1) is 6.10 Å². The third kappa shape index (κ3) is 2.74. The van der Waals surface area contributed by atoms with Crippen LogP contribution in [0.3, 0.4) is 0 Å². The molecule has 1 atom stereocenters. The van der Waals surface area contributed by atoms with Crippen LogP contribution in [-0.2, 0) is 6.42 Å². The molecule has 0 amide bonds. The normalized spacial score (nSPS) is 12.4. The van der Waals surface area contributed by atoms with Crippen LogP contribution in [0.5, 0.6) is 0 Å². The third-order valence-electron chi connectivity index (χ3n) is 2.88. The number of aryl methyl sites for hydroxylation is 1. The second-order valence-corrected chi connectivity index (χ2v) is 4.34. The van der Waals surface area contributed by atoms with Gasteiger partial charge in [0.2, 0.25) is 0 Å². The summed E-state index contributed by atoms with van der Waals surface area (Å²) in [7, 11) is 0. The molecule has 94 valence electrons. The van der Waals surface area contributed by atoms with Crippen LogP contribution in [0.15, 0.2) is 42.5 Å². The van der Waals surface area contributed by atoms with Crippen molar-refractivity contribution in [3.8, 4) is 0 Å². The largest absolute Gasteiger partial charge is 0.388 e. The van der Waals surface area contributed by atoms with Gasteiger partial charge in [-0.25, -0.2) is 8.78 Å². The van der Waals surface area contributed by atoms with Crippen molar-refractivity contribution in [2.24, 2.45) is 0 Å². The molecule has 0 aliphatic heterocycles. The molecule has 1 unspecified atom stereocenters.